The van der Waals surface area contributed by atoms with E-state index in [1.807, 2.05) is 0 Å². The quantitative estimate of drug-likeness (QED) is 0.463. The minimum atomic E-state index is -3.00. The average Bonchev–Trinajstić information content (AvgIpc) is 2.95. The zero-order valence-corrected chi connectivity index (χ0v) is 15.0. The maximum absolute atomic E-state index is 12.1. The van der Waals surface area contributed by atoms with Crippen molar-refractivity contribution in [2.45, 2.75) is 37.9 Å². The number of hydrogen-bond acceptors (Lipinski definition) is 4. The molecule has 0 aromatic carbocycles. The van der Waals surface area contributed by atoms with Crippen LogP contribution in [0.25, 0.3) is 0 Å². The number of likely N-dealkylation sites (tertiary alicyclic amines) is 1. The van der Waals surface area contributed by atoms with Gasteiger partial charge in [0.1, 0.15) is 0 Å². The van der Waals surface area contributed by atoms with Gasteiger partial charge in [-0.3, -0.25) is 4.99 Å². The Morgan fingerprint density at radius 2 is 1.91 bits per heavy atom. The largest absolute Gasteiger partial charge is 0.356 e. The standard InChI is InChI=1S/C15H30N4O2S/c1-15(2)13-19(11-12-22(15,20)21)14(16-3)17-7-6-10-18-8-4-5-9-18/h4-13H2,1-3H3,(H,16,17). The van der Waals surface area contributed by atoms with Crippen LogP contribution < -0.4 is 5.32 Å². The third-order valence-electron chi connectivity index (χ3n) is 4.69. The number of aliphatic imine (C=N–C) groups is 1. The summed E-state index contributed by atoms with van der Waals surface area (Å²) in [5.41, 5.74) is 0. The summed E-state index contributed by atoms with van der Waals surface area (Å²) >= 11 is 0. The molecule has 2 heterocycles. The molecule has 0 amide bonds. The van der Waals surface area contributed by atoms with Crippen molar-refractivity contribution in [2.24, 2.45) is 4.99 Å². The predicted octanol–water partition coefficient (Wildman–Crippen LogP) is 0.557. The van der Waals surface area contributed by atoms with Gasteiger partial charge in [-0.05, 0) is 52.7 Å². The molecule has 0 aromatic heterocycles. The molecule has 0 bridgehead atoms. The predicted molar refractivity (Wildman–Crippen MR) is 91.1 cm³/mol. The lowest BCUT2D eigenvalue weighted by atomic mass is 10.2. The Labute approximate surface area is 134 Å². The average molecular weight is 330 g/mol. The Morgan fingerprint density at radius 1 is 1.23 bits per heavy atom. The molecule has 2 saturated heterocycles. The Kier molecular flexibility index (Phi) is 5.71. The molecule has 1 N–H and O–H groups in total. The summed E-state index contributed by atoms with van der Waals surface area (Å²) in [4.78, 5) is 8.88. The van der Waals surface area contributed by atoms with Crippen LogP contribution in [0, 0.1) is 0 Å². The van der Waals surface area contributed by atoms with Crippen molar-refractivity contribution in [3.8, 4) is 0 Å². The lowest BCUT2D eigenvalue weighted by molar-refractivity contribution is 0.329. The van der Waals surface area contributed by atoms with Gasteiger partial charge >= 0.3 is 0 Å². The third-order valence-corrected chi connectivity index (χ3v) is 7.22. The Morgan fingerprint density at radius 3 is 2.50 bits per heavy atom. The van der Waals surface area contributed by atoms with E-state index in [4.69, 9.17) is 0 Å². The molecule has 0 aliphatic carbocycles. The van der Waals surface area contributed by atoms with E-state index in [1.165, 1.54) is 25.9 Å². The summed E-state index contributed by atoms with van der Waals surface area (Å²) < 4.78 is 23.4. The number of guanidine groups is 1. The molecule has 128 valence electrons. The third kappa shape index (κ3) is 4.13. The maximum atomic E-state index is 12.1. The maximum Gasteiger partial charge on any atom is 0.193 e. The Balaban J connectivity index is 1.79. The second-order valence-corrected chi connectivity index (χ2v) is 9.62. The van der Waals surface area contributed by atoms with Crippen molar-refractivity contribution in [3.05, 3.63) is 0 Å². The number of nitrogens with one attached hydrogen (secondary N) is 1. The highest BCUT2D eigenvalue weighted by Gasteiger charge is 2.40. The van der Waals surface area contributed by atoms with Crippen molar-refractivity contribution in [3.63, 3.8) is 0 Å². The topological polar surface area (TPSA) is 65.0 Å². The molecule has 0 unspecified atom stereocenters. The first-order chi connectivity index (χ1) is 10.4. The van der Waals surface area contributed by atoms with Gasteiger partial charge in [0.2, 0.25) is 0 Å². The lowest BCUT2D eigenvalue weighted by Gasteiger charge is -2.39. The van der Waals surface area contributed by atoms with Gasteiger partial charge in [-0.15, -0.1) is 0 Å². The second kappa shape index (κ2) is 7.17. The van der Waals surface area contributed by atoms with E-state index in [1.54, 1.807) is 20.9 Å². The summed E-state index contributed by atoms with van der Waals surface area (Å²) in [6.07, 6.45) is 3.74. The second-order valence-electron chi connectivity index (χ2n) is 6.88. The van der Waals surface area contributed by atoms with Crippen molar-refractivity contribution in [1.29, 1.82) is 0 Å². The van der Waals surface area contributed by atoms with E-state index in [0.29, 0.717) is 13.1 Å². The monoisotopic (exact) mass is 330 g/mol. The number of hydrogen-bond donors (Lipinski definition) is 1. The zero-order chi connectivity index (χ0) is 16.2. The molecular weight excluding hydrogens is 300 g/mol. The molecular formula is C15H30N4O2S. The first kappa shape index (κ1) is 17.5. The number of rotatable bonds is 4. The van der Waals surface area contributed by atoms with E-state index in [2.05, 4.69) is 20.1 Å². The molecule has 2 fully saturated rings. The van der Waals surface area contributed by atoms with Crippen molar-refractivity contribution in [1.82, 2.24) is 15.1 Å². The molecule has 7 heteroatoms. The number of sulfone groups is 1. The molecule has 0 radical (unpaired) electrons. The first-order valence-corrected chi connectivity index (χ1v) is 9.91. The molecule has 6 nitrogen and oxygen atoms in total. The molecule has 2 aliphatic heterocycles. The van der Waals surface area contributed by atoms with Gasteiger partial charge in [0.15, 0.2) is 15.8 Å². The van der Waals surface area contributed by atoms with E-state index >= 15 is 0 Å². The molecule has 0 spiro atoms. The smallest absolute Gasteiger partial charge is 0.193 e. The van der Waals surface area contributed by atoms with Crippen LogP contribution in [0.1, 0.15) is 33.1 Å². The van der Waals surface area contributed by atoms with Crippen LogP contribution >= 0.6 is 0 Å². The van der Waals surface area contributed by atoms with Crippen LogP contribution in [0.15, 0.2) is 4.99 Å². The Bertz CT molecular complexity index is 496. The van der Waals surface area contributed by atoms with E-state index < -0.39 is 14.6 Å². The van der Waals surface area contributed by atoms with Crippen LogP contribution in [-0.4, -0.2) is 81.0 Å². The fraction of sp³-hybridized carbons (Fsp3) is 0.933. The normalized spacial score (nSPS) is 25.4. The number of nitrogens with zero attached hydrogens (tertiary/aromatic N) is 3. The Hall–Kier alpha value is -0.820. The van der Waals surface area contributed by atoms with Gasteiger partial charge < -0.3 is 15.1 Å². The van der Waals surface area contributed by atoms with Gasteiger partial charge in [0.25, 0.3) is 0 Å². The minimum absolute atomic E-state index is 0.203. The molecule has 2 rings (SSSR count). The van der Waals surface area contributed by atoms with Crippen molar-refractivity contribution >= 4 is 15.8 Å². The highest BCUT2D eigenvalue weighted by atomic mass is 32.2. The highest BCUT2D eigenvalue weighted by Crippen LogP contribution is 2.23. The summed E-state index contributed by atoms with van der Waals surface area (Å²) in [7, 11) is -1.24. The zero-order valence-electron chi connectivity index (χ0n) is 14.1. The van der Waals surface area contributed by atoms with E-state index in [0.717, 1.165) is 25.5 Å². The van der Waals surface area contributed by atoms with Crippen molar-refractivity contribution < 1.29 is 8.42 Å². The molecule has 0 aromatic rings. The lowest BCUT2D eigenvalue weighted by Crippen LogP contribution is -2.57. The summed E-state index contributed by atoms with van der Waals surface area (Å²) in [5, 5.41) is 3.38. The molecule has 0 saturated carbocycles. The van der Waals surface area contributed by atoms with Gasteiger partial charge in [0.05, 0.1) is 10.5 Å². The van der Waals surface area contributed by atoms with Crippen molar-refractivity contribution in [2.75, 3.05) is 52.1 Å². The fourth-order valence-corrected chi connectivity index (χ4v) is 4.53. The first-order valence-electron chi connectivity index (χ1n) is 8.26. The van der Waals surface area contributed by atoms with E-state index in [9.17, 15) is 8.42 Å². The molecule has 2 aliphatic rings. The van der Waals surface area contributed by atoms with Crippen LogP contribution in [-0.2, 0) is 9.84 Å². The van der Waals surface area contributed by atoms with E-state index in [-0.39, 0.29) is 5.75 Å². The molecule has 0 atom stereocenters. The van der Waals surface area contributed by atoms with Crippen LogP contribution in [0.5, 0.6) is 0 Å². The molecule has 22 heavy (non-hydrogen) atoms. The minimum Gasteiger partial charge on any atom is -0.356 e. The van der Waals surface area contributed by atoms with Crippen LogP contribution in [0.4, 0.5) is 0 Å². The summed E-state index contributed by atoms with van der Waals surface area (Å²) in [5.74, 6) is 1.03. The summed E-state index contributed by atoms with van der Waals surface area (Å²) in [6, 6.07) is 0. The van der Waals surface area contributed by atoms with Gasteiger partial charge in [-0.2, -0.15) is 0 Å². The van der Waals surface area contributed by atoms with Crippen LogP contribution in [0.3, 0.4) is 0 Å². The van der Waals surface area contributed by atoms with Gasteiger partial charge in [-0.25, -0.2) is 8.42 Å². The highest BCUT2D eigenvalue weighted by molar-refractivity contribution is 7.92. The van der Waals surface area contributed by atoms with Gasteiger partial charge in [-0.1, -0.05) is 0 Å². The summed E-state index contributed by atoms with van der Waals surface area (Å²) in [6.45, 7) is 9.10. The van der Waals surface area contributed by atoms with Crippen LogP contribution in [0.2, 0.25) is 0 Å². The SMILES string of the molecule is CN=C(NCCCN1CCCC1)N1CCS(=O)(=O)C(C)(C)C1. The van der Waals surface area contributed by atoms with Gasteiger partial charge in [0, 0.05) is 26.7 Å². The fourth-order valence-electron chi connectivity index (χ4n) is 3.17.